The van der Waals surface area contributed by atoms with Crippen LogP contribution in [0.15, 0.2) is 87.3 Å². The van der Waals surface area contributed by atoms with Gasteiger partial charge in [0.15, 0.2) is 11.5 Å². The van der Waals surface area contributed by atoms with Crippen LogP contribution in [0.3, 0.4) is 0 Å². The van der Waals surface area contributed by atoms with E-state index >= 15 is 0 Å². The number of esters is 1. The van der Waals surface area contributed by atoms with E-state index in [1.807, 2.05) is 66.7 Å². The Morgan fingerprint density at radius 1 is 0.903 bits per heavy atom. The van der Waals surface area contributed by atoms with E-state index in [1.165, 1.54) is 0 Å². The van der Waals surface area contributed by atoms with E-state index in [1.54, 1.807) is 19.3 Å². The monoisotopic (exact) mass is 540 g/mol. The van der Waals surface area contributed by atoms with Crippen LogP contribution < -0.4 is 9.47 Å². The van der Waals surface area contributed by atoms with Crippen molar-refractivity contribution in [2.45, 2.75) is 6.61 Å². The summed E-state index contributed by atoms with van der Waals surface area (Å²) in [6.45, 7) is 0.426. The van der Waals surface area contributed by atoms with Crippen molar-refractivity contribution in [1.29, 1.82) is 0 Å². The zero-order valence-corrected chi connectivity index (χ0v) is 19.8. The zero-order chi connectivity index (χ0) is 21.8. The lowest BCUT2D eigenvalue weighted by Gasteiger charge is -2.11. The van der Waals surface area contributed by atoms with Crippen LogP contribution in [0.5, 0.6) is 11.5 Å². The number of carbonyl (C=O) groups excluding carboxylic acids is 1. The number of ether oxygens (including phenoxy) is 3. The highest BCUT2D eigenvalue weighted by molar-refractivity contribution is 9.10. The molecule has 0 unspecified atom stereocenters. The number of hydrogen-bond donors (Lipinski definition) is 0. The van der Waals surface area contributed by atoms with Gasteiger partial charge in [-0.05, 0) is 59.7 Å². The third-order valence-corrected chi connectivity index (χ3v) is 5.73. The molecule has 156 valence electrons. The fourth-order valence-corrected chi connectivity index (χ4v) is 3.59. The number of halogens is 2. The van der Waals surface area contributed by atoms with Gasteiger partial charge in [-0.2, -0.15) is 0 Å². The molecule has 0 amide bonds. The third kappa shape index (κ3) is 5.27. The average molecular weight is 542 g/mol. The number of methoxy groups -OCH3 is 1. The van der Waals surface area contributed by atoms with Gasteiger partial charge >= 0.3 is 5.97 Å². The Kier molecular flexibility index (Phi) is 6.59. The normalized spacial score (nSPS) is 14.4. The highest BCUT2D eigenvalue weighted by atomic mass is 79.9. The van der Waals surface area contributed by atoms with Crippen molar-refractivity contribution in [1.82, 2.24) is 0 Å². The fraction of sp³-hybridized carbons (Fsp3) is 0.0800. The standard InChI is InChI=1S/C25H18Br2O4/c1-29-24-13-17(4-11-22(24)30-15-16-2-7-20(26)8-3-16)12-19-14-23(31-25(19)28)18-5-9-21(27)10-6-18/h2-14H,15H2,1H3/b19-12+. The first-order chi connectivity index (χ1) is 15.0. The average Bonchev–Trinajstić information content (AvgIpc) is 3.14. The van der Waals surface area contributed by atoms with E-state index < -0.39 is 0 Å². The quantitative estimate of drug-likeness (QED) is 0.255. The summed E-state index contributed by atoms with van der Waals surface area (Å²) in [6, 6.07) is 21.1. The van der Waals surface area contributed by atoms with Crippen molar-refractivity contribution in [2.24, 2.45) is 0 Å². The summed E-state index contributed by atoms with van der Waals surface area (Å²) in [7, 11) is 1.59. The Balaban J connectivity index is 1.52. The summed E-state index contributed by atoms with van der Waals surface area (Å²) >= 11 is 6.83. The van der Waals surface area contributed by atoms with Gasteiger partial charge in [0.2, 0.25) is 0 Å². The molecule has 0 atom stereocenters. The van der Waals surface area contributed by atoms with Crippen LogP contribution in [0.25, 0.3) is 11.8 Å². The van der Waals surface area contributed by atoms with Crippen LogP contribution in [0.1, 0.15) is 16.7 Å². The van der Waals surface area contributed by atoms with E-state index in [9.17, 15) is 4.79 Å². The molecule has 1 heterocycles. The fourth-order valence-electron chi connectivity index (χ4n) is 3.06. The van der Waals surface area contributed by atoms with E-state index in [0.29, 0.717) is 29.4 Å². The van der Waals surface area contributed by atoms with Gasteiger partial charge in [-0.3, -0.25) is 0 Å². The predicted molar refractivity (Wildman–Crippen MR) is 128 cm³/mol. The van der Waals surface area contributed by atoms with Gasteiger partial charge in [-0.25, -0.2) is 4.79 Å². The van der Waals surface area contributed by atoms with Crippen molar-refractivity contribution in [2.75, 3.05) is 7.11 Å². The van der Waals surface area contributed by atoms with Gasteiger partial charge in [0.25, 0.3) is 0 Å². The summed E-state index contributed by atoms with van der Waals surface area (Å²) < 4.78 is 18.8. The Labute approximate surface area is 197 Å². The lowest BCUT2D eigenvalue weighted by atomic mass is 10.1. The molecule has 0 saturated carbocycles. The zero-order valence-electron chi connectivity index (χ0n) is 16.6. The Bertz CT molecular complexity index is 1160. The van der Waals surface area contributed by atoms with E-state index in [2.05, 4.69) is 31.9 Å². The molecule has 0 aromatic heterocycles. The second kappa shape index (κ2) is 9.54. The number of rotatable bonds is 6. The molecule has 3 aromatic rings. The first-order valence-corrected chi connectivity index (χ1v) is 11.1. The summed E-state index contributed by atoms with van der Waals surface area (Å²) in [4.78, 5) is 12.3. The van der Waals surface area contributed by atoms with Gasteiger partial charge in [0.1, 0.15) is 12.4 Å². The Hall–Kier alpha value is -2.83. The molecule has 0 spiro atoms. The van der Waals surface area contributed by atoms with E-state index in [4.69, 9.17) is 14.2 Å². The minimum absolute atomic E-state index is 0.382. The van der Waals surface area contributed by atoms with Crippen LogP contribution in [0.2, 0.25) is 0 Å². The molecule has 6 heteroatoms. The first kappa shape index (κ1) is 21.4. The lowest BCUT2D eigenvalue weighted by molar-refractivity contribution is -0.130. The van der Waals surface area contributed by atoms with Crippen molar-refractivity contribution in [3.8, 4) is 11.5 Å². The minimum Gasteiger partial charge on any atom is -0.493 e. The maximum absolute atomic E-state index is 12.3. The molecule has 0 bridgehead atoms. The molecule has 4 nitrogen and oxygen atoms in total. The van der Waals surface area contributed by atoms with E-state index in [0.717, 1.165) is 25.6 Å². The summed E-state index contributed by atoms with van der Waals surface area (Å²) in [5, 5.41) is 0. The van der Waals surface area contributed by atoms with Crippen LogP contribution in [0.4, 0.5) is 0 Å². The summed E-state index contributed by atoms with van der Waals surface area (Å²) in [5.74, 6) is 1.38. The third-order valence-electron chi connectivity index (χ3n) is 4.67. The second-order valence-electron chi connectivity index (χ2n) is 6.83. The van der Waals surface area contributed by atoms with Gasteiger partial charge in [0, 0.05) is 14.5 Å². The van der Waals surface area contributed by atoms with Gasteiger partial charge < -0.3 is 14.2 Å². The molecule has 0 radical (unpaired) electrons. The largest absolute Gasteiger partial charge is 0.493 e. The molecular formula is C25H18Br2O4. The number of hydrogen-bond acceptors (Lipinski definition) is 4. The SMILES string of the molecule is COc1cc(/C=C2\C=C(c3ccc(Br)cc3)OC2=O)ccc1OCc1ccc(Br)cc1. The predicted octanol–water partition coefficient (Wildman–Crippen LogP) is 6.78. The minimum atomic E-state index is -0.382. The van der Waals surface area contributed by atoms with Gasteiger partial charge in [0.05, 0.1) is 12.7 Å². The Morgan fingerprint density at radius 3 is 2.26 bits per heavy atom. The van der Waals surface area contributed by atoms with Crippen LogP contribution in [0, 0.1) is 0 Å². The molecule has 0 fully saturated rings. The maximum Gasteiger partial charge on any atom is 0.343 e. The summed E-state index contributed by atoms with van der Waals surface area (Å²) in [6.07, 6.45) is 3.52. The molecule has 4 rings (SSSR count). The van der Waals surface area contributed by atoms with Crippen LogP contribution in [-0.2, 0) is 16.1 Å². The molecular weight excluding hydrogens is 524 g/mol. The van der Waals surface area contributed by atoms with Crippen molar-refractivity contribution < 1.29 is 19.0 Å². The van der Waals surface area contributed by atoms with Gasteiger partial charge in [-0.15, -0.1) is 0 Å². The molecule has 1 aliphatic rings. The summed E-state index contributed by atoms with van der Waals surface area (Å²) in [5.41, 5.74) is 3.18. The van der Waals surface area contributed by atoms with Crippen molar-refractivity contribution in [3.05, 3.63) is 104 Å². The molecule has 0 N–H and O–H groups in total. The molecule has 1 aliphatic heterocycles. The topological polar surface area (TPSA) is 44.8 Å². The highest BCUT2D eigenvalue weighted by Gasteiger charge is 2.22. The van der Waals surface area contributed by atoms with Crippen LogP contribution >= 0.6 is 31.9 Å². The lowest BCUT2D eigenvalue weighted by Crippen LogP contribution is -1.99. The maximum atomic E-state index is 12.3. The molecule has 0 saturated heterocycles. The van der Waals surface area contributed by atoms with Crippen molar-refractivity contribution >= 4 is 49.7 Å². The number of benzene rings is 3. The Morgan fingerprint density at radius 2 is 1.58 bits per heavy atom. The van der Waals surface area contributed by atoms with Crippen molar-refractivity contribution in [3.63, 3.8) is 0 Å². The second-order valence-corrected chi connectivity index (χ2v) is 8.66. The van der Waals surface area contributed by atoms with Gasteiger partial charge in [-0.1, -0.05) is 62.2 Å². The first-order valence-electron chi connectivity index (χ1n) is 9.48. The molecule has 3 aromatic carbocycles. The number of carbonyl (C=O) groups is 1. The smallest absolute Gasteiger partial charge is 0.343 e. The molecule has 31 heavy (non-hydrogen) atoms. The van der Waals surface area contributed by atoms with E-state index in [-0.39, 0.29) is 5.97 Å². The highest BCUT2D eigenvalue weighted by Crippen LogP contribution is 2.32. The van der Waals surface area contributed by atoms with Crippen LogP contribution in [-0.4, -0.2) is 13.1 Å². The number of cyclic esters (lactones) is 1. The molecule has 0 aliphatic carbocycles.